The van der Waals surface area contributed by atoms with E-state index in [1.807, 2.05) is 11.3 Å². The first kappa shape index (κ1) is 18.9. The van der Waals surface area contributed by atoms with Gasteiger partial charge in [-0.2, -0.15) is 0 Å². The summed E-state index contributed by atoms with van der Waals surface area (Å²) < 4.78 is 4.96. The van der Waals surface area contributed by atoms with E-state index in [0.29, 0.717) is 0 Å². The summed E-state index contributed by atoms with van der Waals surface area (Å²) in [6, 6.07) is 35.2. The number of rotatable bonds is 1. The van der Waals surface area contributed by atoms with Crippen LogP contribution in [0.3, 0.4) is 0 Å². The van der Waals surface area contributed by atoms with Gasteiger partial charge < -0.3 is 4.57 Å². The van der Waals surface area contributed by atoms with Gasteiger partial charge in [0.2, 0.25) is 0 Å². The molecule has 0 aliphatic carbocycles. The van der Waals surface area contributed by atoms with E-state index < -0.39 is 0 Å². The lowest BCUT2D eigenvalue weighted by molar-refractivity contribution is 0.590. The Hall–Kier alpha value is -3.10. The second kappa shape index (κ2) is 7.30. The number of para-hydroxylation sites is 2. The van der Waals surface area contributed by atoms with Crippen LogP contribution in [0.4, 0.5) is 0 Å². The van der Waals surface area contributed by atoms with Gasteiger partial charge in [-0.3, -0.25) is 0 Å². The van der Waals surface area contributed by atoms with Gasteiger partial charge in [0.15, 0.2) is 0 Å². The molecule has 0 fully saturated rings. The fourth-order valence-electron chi connectivity index (χ4n) is 4.04. The maximum Gasteiger partial charge on any atom is 0.0634 e. The molecule has 0 saturated heterocycles. The highest BCUT2D eigenvalue weighted by atomic mass is 32.1. The summed E-state index contributed by atoms with van der Waals surface area (Å²) in [5.41, 5.74) is 5.09. The molecule has 2 heteroatoms. The number of aromatic nitrogens is 1. The van der Waals surface area contributed by atoms with Crippen LogP contribution in [0.15, 0.2) is 97.1 Å². The van der Waals surface area contributed by atoms with E-state index in [9.17, 15) is 0 Å². The third-order valence-electron chi connectivity index (χ3n) is 5.64. The van der Waals surface area contributed by atoms with E-state index in [1.54, 1.807) is 0 Å². The number of fused-ring (bicyclic) bond motifs is 4. The molecule has 5 rings (SSSR count). The zero-order valence-electron chi connectivity index (χ0n) is 17.6. The van der Waals surface area contributed by atoms with Crippen molar-refractivity contribution in [3.63, 3.8) is 0 Å². The van der Waals surface area contributed by atoms with Gasteiger partial charge in [0.25, 0.3) is 0 Å². The Morgan fingerprint density at radius 3 is 1.83 bits per heavy atom. The Bertz CT molecular complexity index is 1410. The van der Waals surface area contributed by atoms with Gasteiger partial charge in [-0.05, 0) is 47.4 Å². The molecule has 0 saturated carbocycles. The van der Waals surface area contributed by atoms with Crippen molar-refractivity contribution >= 4 is 42.5 Å². The van der Waals surface area contributed by atoms with Crippen molar-refractivity contribution in [3.05, 3.63) is 103 Å². The summed E-state index contributed by atoms with van der Waals surface area (Å²) in [6.07, 6.45) is 0. The van der Waals surface area contributed by atoms with E-state index in [2.05, 4.69) is 122 Å². The Labute approximate surface area is 181 Å². The second-order valence-electron chi connectivity index (χ2n) is 8.72. The standard InChI is InChI=1S/C28H25NS/c1-28(2,3)20-16-18-21(19-17-20)29-24-12-6-4-10-22(24)23-11-5-8-14-26(23)30-27-15-9-7-13-25(27)29/h4-19H,1-3H3. The smallest absolute Gasteiger partial charge is 0.0634 e. The van der Waals surface area contributed by atoms with Crippen LogP contribution in [0.1, 0.15) is 26.3 Å². The van der Waals surface area contributed by atoms with Crippen LogP contribution in [-0.4, -0.2) is 4.57 Å². The summed E-state index contributed by atoms with van der Waals surface area (Å²) in [7, 11) is 0. The summed E-state index contributed by atoms with van der Waals surface area (Å²) in [5.74, 6) is 0. The second-order valence-corrected chi connectivity index (χ2v) is 9.80. The number of hydrogen-bond acceptors (Lipinski definition) is 1. The molecule has 0 aliphatic heterocycles. The Morgan fingerprint density at radius 2 is 1.13 bits per heavy atom. The molecular weight excluding hydrogens is 382 g/mol. The summed E-state index contributed by atoms with van der Waals surface area (Å²) in [5, 5.41) is 2.54. The fraction of sp³-hybridized carbons (Fsp3) is 0.143. The van der Waals surface area contributed by atoms with E-state index in [4.69, 9.17) is 0 Å². The molecule has 5 aromatic rings. The highest BCUT2D eigenvalue weighted by molar-refractivity contribution is 7.24. The molecule has 0 amide bonds. The molecule has 1 heterocycles. The van der Waals surface area contributed by atoms with Crippen LogP contribution in [0, 0.1) is 0 Å². The largest absolute Gasteiger partial charge is 0.308 e. The van der Waals surface area contributed by atoms with Crippen molar-refractivity contribution in [1.82, 2.24) is 4.57 Å². The normalized spacial score (nSPS) is 11.8. The average molecular weight is 408 g/mol. The monoisotopic (exact) mass is 407 g/mol. The number of nitrogens with zero attached hydrogens (tertiary/aromatic N) is 1. The van der Waals surface area contributed by atoms with Gasteiger partial charge >= 0.3 is 0 Å². The van der Waals surface area contributed by atoms with E-state index in [-0.39, 0.29) is 5.41 Å². The van der Waals surface area contributed by atoms with Gasteiger partial charge in [-0.15, -0.1) is 11.3 Å². The maximum absolute atomic E-state index is 2.40. The Balaban J connectivity index is 1.98. The topological polar surface area (TPSA) is 4.93 Å². The molecule has 0 bridgehead atoms. The predicted octanol–water partition coefficient (Wildman–Crippen LogP) is 8.42. The van der Waals surface area contributed by atoms with E-state index >= 15 is 0 Å². The minimum Gasteiger partial charge on any atom is -0.308 e. The zero-order chi connectivity index (χ0) is 20.7. The molecule has 30 heavy (non-hydrogen) atoms. The van der Waals surface area contributed by atoms with Gasteiger partial charge in [0.1, 0.15) is 0 Å². The first-order valence-electron chi connectivity index (χ1n) is 10.4. The van der Waals surface area contributed by atoms with Crippen molar-refractivity contribution < 1.29 is 0 Å². The molecule has 0 atom stereocenters. The van der Waals surface area contributed by atoms with Crippen molar-refractivity contribution in [1.29, 1.82) is 0 Å². The van der Waals surface area contributed by atoms with Crippen molar-refractivity contribution in [2.45, 2.75) is 26.2 Å². The van der Waals surface area contributed by atoms with E-state index in [1.165, 1.54) is 42.5 Å². The Morgan fingerprint density at radius 1 is 0.567 bits per heavy atom. The van der Waals surface area contributed by atoms with Crippen LogP contribution in [-0.2, 0) is 5.41 Å². The molecule has 0 N–H and O–H groups in total. The van der Waals surface area contributed by atoms with Crippen LogP contribution in [0.5, 0.6) is 0 Å². The fourth-order valence-corrected chi connectivity index (χ4v) is 5.12. The van der Waals surface area contributed by atoms with Crippen LogP contribution in [0.25, 0.3) is 36.9 Å². The molecule has 0 spiro atoms. The minimum atomic E-state index is 0.138. The van der Waals surface area contributed by atoms with Gasteiger partial charge in [0, 0.05) is 21.2 Å². The summed E-state index contributed by atoms with van der Waals surface area (Å²) in [4.78, 5) is 0. The molecule has 0 radical (unpaired) electrons. The quantitative estimate of drug-likeness (QED) is 0.263. The van der Waals surface area contributed by atoms with Crippen molar-refractivity contribution in [2.75, 3.05) is 0 Å². The Kier molecular flexibility index (Phi) is 4.60. The minimum absolute atomic E-state index is 0.138. The zero-order valence-corrected chi connectivity index (χ0v) is 18.4. The van der Waals surface area contributed by atoms with E-state index in [0.717, 1.165) is 0 Å². The third-order valence-corrected chi connectivity index (χ3v) is 6.78. The molecule has 0 unspecified atom stereocenters. The summed E-state index contributed by atoms with van der Waals surface area (Å²) >= 11 is 1.84. The molecule has 1 aromatic heterocycles. The lowest BCUT2D eigenvalue weighted by Gasteiger charge is -2.20. The van der Waals surface area contributed by atoms with Crippen LogP contribution >= 0.6 is 11.3 Å². The average Bonchev–Trinajstić information content (AvgIpc) is 2.75. The highest BCUT2D eigenvalue weighted by Gasteiger charge is 2.14. The summed E-state index contributed by atoms with van der Waals surface area (Å²) in [6.45, 7) is 6.78. The van der Waals surface area contributed by atoms with Crippen LogP contribution < -0.4 is 0 Å². The maximum atomic E-state index is 2.40. The van der Waals surface area contributed by atoms with Gasteiger partial charge in [0.05, 0.1) is 15.7 Å². The van der Waals surface area contributed by atoms with Crippen molar-refractivity contribution in [3.8, 4) is 5.69 Å². The molecular formula is C28H25NS. The lowest BCUT2D eigenvalue weighted by atomic mass is 9.87. The van der Waals surface area contributed by atoms with Crippen LogP contribution in [0.2, 0.25) is 0 Å². The molecule has 1 nitrogen and oxygen atoms in total. The van der Waals surface area contributed by atoms with Crippen molar-refractivity contribution in [2.24, 2.45) is 0 Å². The number of benzene rings is 4. The number of hydrogen-bond donors (Lipinski definition) is 0. The molecule has 4 aromatic carbocycles. The highest BCUT2D eigenvalue weighted by Crippen LogP contribution is 2.33. The van der Waals surface area contributed by atoms with Gasteiger partial charge in [-0.1, -0.05) is 81.4 Å². The third kappa shape index (κ3) is 3.28. The molecule has 0 aliphatic rings. The first-order chi connectivity index (χ1) is 14.5. The predicted molar refractivity (Wildman–Crippen MR) is 132 cm³/mol. The first-order valence-corrected chi connectivity index (χ1v) is 11.2. The van der Waals surface area contributed by atoms with Gasteiger partial charge in [-0.25, -0.2) is 0 Å². The SMILES string of the molecule is CC(C)(C)c1ccc(-n2c3ccccc3sc3ccccc3c3ccccc32)cc1. The lowest BCUT2D eigenvalue weighted by Crippen LogP contribution is -2.11. The molecule has 148 valence electrons.